The Labute approximate surface area is 163 Å². The van der Waals surface area contributed by atoms with E-state index in [9.17, 15) is 0 Å². The Bertz CT molecular complexity index is 1140. The molecular weight excluding hydrogens is 350 g/mol. The summed E-state index contributed by atoms with van der Waals surface area (Å²) in [4.78, 5) is 9.12. The van der Waals surface area contributed by atoms with Crippen LogP contribution in [0.25, 0.3) is 16.7 Å². The highest BCUT2D eigenvalue weighted by atomic mass is 16.5. The molecule has 0 aliphatic carbocycles. The van der Waals surface area contributed by atoms with E-state index in [1.165, 1.54) is 5.56 Å². The first-order valence-electron chi connectivity index (χ1n) is 8.98. The number of hydrogen-bond acceptors (Lipinski definition) is 4. The maximum atomic E-state index is 5.34. The molecule has 0 radical (unpaired) electrons. The van der Waals surface area contributed by atoms with Gasteiger partial charge in [0.05, 0.1) is 30.9 Å². The highest BCUT2D eigenvalue weighted by molar-refractivity contribution is 5.86. The van der Waals surface area contributed by atoms with Crippen LogP contribution < -0.4 is 9.47 Å². The molecule has 4 aromatic rings. The lowest BCUT2D eigenvalue weighted by molar-refractivity contribution is 0.355. The molecule has 0 N–H and O–H groups in total. The van der Waals surface area contributed by atoms with Gasteiger partial charge in [-0.15, -0.1) is 0 Å². The molecule has 0 aliphatic rings. The molecule has 28 heavy (non-hydrogen) atoms. The lowest BCUT2D eigenvalue weighted by Crippen LogP contribution is -1.92. The third-order valence-electron chi connectivity index (χ3n) is 4.61. The van der Waals surface area contributed by atoms with Crippen LogP contribution in [0.2, 0.25) is 0 Å². The van der Waals surface area contributed by atoms with Crippen molar-refractivity contribution in [2.24, 2.45) is 4.99 Å². The Hall–Kier alpha value is -3.60. The predicted octanol–water partition coefficient (Wildman–Crippen LogP) is 5.10. The molecule has 0 amide bonds. The van der Waals surface area contributed by atoms with Gasteiger partial charge in [0.2, 0.25) is 0 Å². The molecule has 3 aromatic carbocycles. The fourth-order valence-electron chi connectivity index (χ4n) is 3.07. The minimum absolute atomic E-state index is 0.679. The van der Waals surface area contributed by atoms with Gasteiger partial charge < -0.3 is 9.47 Å². The van der Waals surface area contributed by atoms with Crippen molar-refractivity contribution in [2.75, 3.05) is 14.2 Å². The molecule has 0 atom stereocenters. The fraction of sp³-hybridized carbons (Fsp3) is 0.130. The Morgan fingerprint density at radius 2 is 1.68 bits per heavy atom. The lowest BCUT2D eigenvalue weighted by atomic mass is 10.2. The van der Waals surface area contributed by atoms with Crippen LogP contribution >= 0.6 is 0 Å². The molecule has 1 heterocycles. The summed E-state index contributed by atoms with van der Waals surface area (Å²) < 4.78 is 12.7. The van der Waals surface area contributed by atoms with Crippen molar-refractivity contribution >= 4 is 22.9 Å². The molecule has 0 spiro atoms. The Morgan fingerprint density at radius 1 is 0.893 bits per heavy atom. The van der Waals surface area contributed by atoms with Crippen LogP contribution in [0.3, 0.4) is 0 Å². The number of rotatable bonds is 5. The SMILES string of the molecule is COc1ccc(C=Nc2ccc3c(c2)ncn3-c2ccc(C)cc2)cc1OC. The van der Waals surface area contributed by atoms with Gasteiger partial charge in [0, 0.05) is 11.9 Å². The summed E-state index contributed by atoms with van der Waals surface area (Å²) in [5, 5.41) is 0. The summed E-state index contributed by atoms with van der Waals surface area (Å²) in [5.74, 6) is 1.38. The Kier molecular flexibility index (Phi) is 4.81. The Morgan fingerprint density at radius 3 is 2.43 bits per heavy atom. The molecule has 0 saturated carbocycles. The van der Waals surface area contributed by atoms with Crippen LogP contribution in [0.5, 0.6) is 11.5 Å². The Balaban J connectivity index is 1.62. The normalized spacial score (nSPS) is 11.2. The predicted molar refractivity (Wildman–Crippen MR) is 113 cm³/mol. The van der Waals surface area contributed by atoms with E-state index < -0.39 is 0 Å². The van der Waals surface area contributed by atoms with E-state index in [1.807, 2.05) is 42.7 Å². The second kappa shape index (κ2) is 7.56. The highest BCUT2D eigenvalue weighted by Gasteiger charge is 2.06. The van der Waals surface area contributed by atoms with Crippen molar-refractivity contribution in [1.29, 1.82) is 0 Å². The van der Waals surface area contributed by atoms with E-state index in [4.69, 9.17) is 9.47 Å². The number of aryl methyl sites for hydroxylation is 1. The van der Waals surface area contributed by atoms with E-state index >= 15 is 0 Å². The number of methoxy groups -OCH3 is 2. The number of hydrogen-bond donors (Lipinski definition) is 0. The minimum atomic E-state index is 0.679. The zero-order chi connectivity index (χ0) is 19.5. The molecule has 140 valence electrons. The summed E-state index contributed by atoms with van der Waals surface area (Å²) in [6.07, 6.45) is 3.65. The smallest absolute Gasteiger partial charge is 0.161 e. The average molecular weight is 371 g/mol. The van der Waals surface area contributed by atoms with Crippen molar-refractivity contribution in [3.8, 4) is 17.2 Å². The number of aliphatic imine (C=N–C) groups is 1. The average Bonchev–Trinajstić information content (AvgIpc) is 3.15. The molecule has 5 heteroatoms. The van der Waals surface area contributed by atoms with Gasteiger partial charge in [0.1, 0.15) is 6.33 Å². The van der Waals surface area contributed by atoms with Gasteiger partial charge in [-0.05, 0) is 61.0 Å². The molecular formula is C23H21N3O2. The summed E-state index contributed by atoms with van der Waals surface area (Å²) in [5.41, 5.74) is 6.06. The van der Waals surface area contributed by atoms with E-state index in [-0.39, 0.29) is 0 Å². The zero-order valence-electron chi connectivity index (χ0n) is 16.1. The van der Waals surface area contributed by atoms with Gasteiger partial charge in [-0.1, -0.05) is 17.7 Å². The third kappa shape index (κ3) is 3.47. The zero-order valence-corrected chi connectivity index (χ0v) is 16.1. The van der Waals surface area contributed by atoms with Crippen LogP contribution in [0.4, 0.5) is 5.69 Å². The molecule has 0 bridgehead atoms. The van der Waals surface area contributed by atoms with Gasteiger partial charge in [0.25, 0.3) is 0 Å². The van der Waals surface area contributed by atoms with Crippen LogP contribution in [-0.2, 0) is 0 Å². The topological polar surface area (TPSA) is 48.6 Å². The molecule has 0 fully saturated rings. The van der Waals surface area contributed by atoms with E-state index in [0.29, 0.717) is 11.5 Å². The van der Waals surface area contributed by atoms with Crippen LogP contribution in [0.15, 0.2) is 72.0 Å². The quantitative estimate of drug-likeness (QED) is 0.459. The maximum absolute atomic E-state index is 5.34. The summed E-state index contributed by atoms with van der Waals surface area (Å²) in [6, 6.07) is 20.1. The first kappa shape index (κ1) is 17.8. The van der Waals surface area contributed by atoms with Crippen LogP contribution in [0, 0.1) is 6.92 Å². The van der Waals surface area contributed by atoms with Gasteiger partial charge in [0.15, 0.2) is 11.5 Å². The van der Waals surface area contributed by atoms with Crippen LogP contribution in [-0.4, -0.2) is 30.0 Å². The largest absolute Gasteiger partial charge is 0.493 e. The fourth-order valence-corrected chi connectivity index (χ4v) is 3.07. The molecule has 1 aromatic heterocycles. The molecule has 0 aliphatic heterocycles. The van der Waals surface area contributed by atoms with Gasteiger partial charge >= 0.3 is 0 Å². The third-order valence-corrected chi connectivity index (χ3v) is 4.61. The number of fused-ring (bicyclic) bond motifs is 1. The van der Waals surface area contributed by atoms with E-state index in [1.54, 1.807) is 20.4 Å². The molecule has 5 nitrogen and oxygen atoms in total. The number of ether oxygens (including phenoxy) is 2. The van der Waals surface area contributed by atoms with Crippen molar-refractivity contribution < 1.29 is 9.47 Å². The van der Waals surface area contributed by atoms with Crippen LogP contribution in [0.1, 0.15) is 11.1 Å². The number of benzene rings is 3. The number of aromatic nitrogens is 2. The minimum Gasteiger partial charge on any atom is -0.493 e. The van der Waals surface area contributed by atoms with Gasteiger partial charge in [-0.3, -0.25) is 9.56 Å². The van der Waals surface area contributed by atoms with Crippen molar-refractivity contribution in [1.82, 2.24) is 9.55 Å². The van der Waals surface area contributed by atoms with Gasteiger partial charge in [-0.25, -0.2) is 4.98 Å². The second-order valence-electron chi connectivity index (χ2n) is 6.50. The molecule has 4 rings (SSSR count). The maximum Gasteiger partial charge on any atom is 0.161 e. The first-order chi connectivity index (χ1) is 13.7. The lowest BCUT2D eigenvalue weighted by Gasteiger charge is -2.07. The standard InChI is InChI=1S/C23H21N3O2/c1-16-4-8-19(9-5-16)26-15-25-20-13-18(7-10-21(20)26)24-14-17-6-11-22(27-2)23(12-17)28-3/h4-15H,1-3H3. The van der Waals surface area contributed by atoms with E-state index in [0.717, 1.165) is 28.0 Å². The van der Waals surface area contributed by atoms with Gasteiger partial charge in [-0.2, -0.15) is 0 Å². The highest BCUT2D eigenvalue weighted by Crippen LogP contribution is 2.27. The molecule has 0 saturated heterocycles. The summed E-state index contributed by atoms with van der Waals surface area (Å²) >= 11 is 0. The van der Waals surface area contributed by atoms with Crippen molar-refractivity contribution in [3.05, 3.63) is 78.1 Å². The van der Waals surface area contributed by atoms with Crippen molar-refractivity contribution in [3.63, 3.8) is 0 Å². The summed E-state index contributed by atoms with van der Waals surface area (Å²) in [7, 11) is 3.24. The summed E-state index contributed by atoms with van der Waals surface area (Å²) in [6.45, 7) is 2.08. The van der Waals surface area contributed by atoms with Crippen molar-refractivity contribution in [2.45, 2.75) is 6.92 Å². The number of nitrogens with zero attached hydrogens (tertiary/aromatic N) is 3. The monoisotopic (exact) mass is 371 g/mol. The molecule has 0 unspecified atom stereocenters. The van der Waals surface area contributed by atoms with E-state index in [2.05, 4.69) is 45.7 Å². The second-order valence-corrected chi connectivity index (χ2v) is 6.50. The number of imidazole rings is 1. The first-order valence-corrected chi connectivity index (χ1v) is 8.98.